The van der Waals surface area contributed by atoms with Crippen molar-refractivity contribution in [2.75, 3.05) is 5.32 Å². The number of nitrogens with zero attached hydrogens (tertiary/aromatic N) is 2. The van der Waals surface area contributed by atoms with Gasteiger partial charge in [-0.3, -0.25) is 4.79 Å². The number of amides is 1. The van der Waals surface area contributed by atoms with Gasteiger partial charge in [-0.2, -0.15) is 5.10 Å². The largest absolute Gasteiger partial charge is 0.323 e. The molecule has 1 aromatic heterocycles. The van der Waals surface area contributed by atoms with Crippen LogP contribution in [0.2, 0.25) is 5.02 Å². The normalized spacial score (nSPS) is 12.4. The van der Waals surface area contributed by atoms with Crippen molar-refractivity contribution in [3.63, 3.8) is 0 Å². The first kappa shape index (κ1) is 14.6. The van der Waals surface area contributed by atoms with Gasteiger partial charge in [0.25, 0.3) is 0 Å². The zero-order valence-electron chi connectivity index (χ0n) is 11.4. The summed E-state index contributed by atoms with van der Waals surface area (Å²) in [5.74, 6) is -0.182. The Balaban J connectivity index is 2.31. The first-order valence-electron chi connectivity index (χ1n) is 6.35. The zero-order valence-corrected chi connectivity index (χ0v) is 12.1. The van der Waals surface area contributed by atoms with E-state index in [0.29, 0.717) is 10.7 Å². The second-order valence-corrected chi connectivity index (χ2v) is 5.31. The molecule has 1 amide bonds. The van der Waals surface area contributed by atoms with Crippen molar-refractivity contribution in [3.8, 4) is 5.69 Å². The molecule has 5 nitrogen and oxygen atoms in total. The fourth-order valence-corrected chi connectivity index (χ4v) is 1.91. The molecule has 0 aliphatic carbocycles. The topological polar surface area (TPSA) is 72.9 Å². The van der Waals surface area contributed by atoms with Crippen molar-refractivity contribution >= 4 is 23.2 Å². The molecule has 2 rings (SSSR count). The Morgan fingerprint density at radius 2 is 2.20 bits per heavy atom. The molecular formula is C14H17ClN4O. The molecule has 6 heteroatoms. The zero-order chi connectivity index (χ0) is 14.7. The molecule has 1 aromatic carbocycles. The van der Waals surface area contributed by atoms with Crippen LogP contribution in [0.15, 0.2) is 36.7 Å². The summed E-state index contributed by atoms with van der Waals surface area (Å²) in [4.78, 5) is 12.1. The van der Waals surface area contributed by atoms with Crippen molar-refractivity contribution in [3.05, 3.63) is 41.7 Å². The number of nitrogens with one attached hydrogen (secondary N) is 1. The monoisotopic (exact) mass is 292 g/mol. The molecule has 1 heterocycles. The van der Waals surface area contributed by atoms with E-state index in [1.807, 2.05) is 13.8 Å². The van der Waals surface area contributed by atoms with E-state index in [0.717, 1.165) is 5.69 Å². The Hall–Kier alpha value is -1.85. The van der Waals surface area contributed by atoms with Crippen LogP contribution in [0.25, 0.3) is 5.69 Å². The van der Waals surface area contributed by atoms with Crippen LogP contribution in [0.1, 0.15) is 13.8 Å². The molecular weight excluding hydrogens is 276 g/mol. The molecule has 0 spiro atoms. The highest BCUT2D eigenvalue weighted by molar-refractivity contribution is 6.31. The second kappa shape index (κ2) is 6.07. The average molecular weight is 293 g/mol. The maximum Gasteiger partial charge on any atom is 0.241 e. The molecule has 0 fully saturated rings. The Kier molecular flexibility index (Phi) is 4.42. The van der Waals surface area contributed by atoms with E-state index >= 15 is 0 Å². The van der Waals surface area contributed by atoms with Gasteiger partial charge in [0.2, 0.25) is 5.91 Å². The summed E-state index contributed by atoms with van der Waals surface area (Å²) in [7, 11) is 0. The summed E-state index contributed by atoms with van der Waals surface area (Å²) < 4.78 is 1.66. The van der Waals surface area contributed by atoms with Crippen LogP contribution in [0.5, 0.6) is 0 Å². The van der Waals surface area contributed by atoms with Gasteiger partial charge in [-0.25, -0.2) is 4.68 Å². The first-order chi connectivity index (χ1) is 9.49. The number of hydrogen-bond donors (Lipinski definition) is 2. The number of halogens is 1. The van der Waals surface area contributed by atoms with Crippen molar-refractivity contribution in [2.24, 2.45) is 11.7 Å². The Bertz CT molecular complexity index is 595. The van der Waals surface area contributed by atoms with Gasteiger partial charge in [0.15, 0.2) is 0 Å². The molecule has 0 saturated carbocycles. The maximum absolute atomic E-state index is 12.1. The third-order valence-corrected chi connectivity index (χ3v) is 3.22. The smallest absolute Gasteiger partial charge is 0.241 e. The minimum atomic E-state index is -0.570. The maximum atomic E-state index is 12.1. The van der Waals surface area contributed by atoms with Gasteiger partial charge in [0, 0.05) is 17.4 Å². The molecule has 0 saturated heterocycles. The van der Waals surface area contributed by atoms with Crippen LogP contribution < -0.4 is 11.1 Å². The molecule has 1 atom stereocenters. The highest BCUT2D eigenvalue weighted by Gasteiger charge is 2.19. The Morgan fingerprint density at radius 3 is 2.80 bits per heavy atom. The number of carbonyl (C=O) groups excluding carboxylic acids is 1. The molecule has 0 bridgehead atoms. The minimum Gasteiger partial charge on any atom is -0.323 e. The molecule has 0 aliphatic rings. The van der Waals surface area contributed by atoms with Crippen molar-refractivity contribution in [1.29, 1.82) is 0 Å². The van der Waals surface area contributed by atoms with Crippen LogP contribution in [0, 0.1) is 5.92 Å². The highest BCUT2D eigenvalue weighted by atomic mass is 35.5. The molecule has 106 valence electrons. The minimum absolute atomic E-state index is 0.0577. The summed E-state index contributed by atoms with van der Waals surface area (Å²) >= 11 is 5.99. The summed E-state index contributed by atoms with van der Waals surface area (Å²) in [5.41, 5.74) is 7.17. The second-order valence-electron chi connectivity index (χ2n) is 4.87. The Morgan fingerprint density at radius 1 is 1.45 bits per heavy atom. The van der Waals surface area contributed by atoms with Crippen LogP contribution in [-0.4, -0.2) is 21.7 Å². The lowest BCUT2D eigenvalue weighted by atomic mass is 10.0. The van der Waals surface area contributed by atoms with Gasteiger partial charge in [-0.1, -0.05) is 25.4 Å². The van der Waals surface area contributed by atoms with Gasteiger partial charge in [-0.15, -0.1) is 0 Å². The van der Waals surface area contributed by atoms with Gasteiger partial charge in [0.05, 0.1) is 17.4 Å². The lowest BCUT2D eigenvalue weighted by molar-refractivity contribution is -0.118. The molecule has 0 radical (unpaired) electrons. The van der Waals surface area contributed by atoms with Gasteiger partial charge in [0.1, 0.15) is 0 Å². The van der Waals surface area contributed by atoms with Crippen molar-refractivity contribution in [2.45, 2.75) is 19.9 Å². The summed E-state index contributed by atoms with van der Waals surface area (Å²) in [6.45, 7) is 3.80. The first-order valence-corrected chi connectivity index (χ1v) is 6.73. The van der Waals surface area contributed by atoms with Crippen LogP contribution in [-0.2, 0) is 4.79 Å². The molecule has 1 unspecified atom stereocenters. The Labute approximate surface area is 122 Å². The van der Waals surface area contributed by atoms with E-state index in [1.165, 1.54) is 0 Å². The lowest BCUT2D eigenvalue weighted by Crippen LogP contribution is -2.39. The van der Waals surface area contributed by atoms with Gasteiger partial charge < -0.3 is 11.1 Å². The average Bonchev–Trinajstić information content (AvgIpc) is 2.91. The van der Waals surface area contributed by atoms with E-state index < -0.39 is 6.04 Å². The predicted octanol–water partition coefficient (Wildman–Crippen LogP) is 2.45. The van der Waals surface area contributed by atoms with Crippen molar-refractivity contribution in [1.82, 2.24) is 9.78 Å². The van der Waals surface area contributed by atoms with Gasteiger partial charge in [-0.05, 0) is 30.2 Å². The van der Waals surface area contributed by atoms with E-state index in [9.17, 15) is 4.79 Å². The number of rotatable bonds is 4. The molecule has 3 N–H and O–H groups in total. The van der Waals surface area contributed by atoms with E-state index in [4.69, 9.17) is 17.3 Å². The quantitative estimate of drug-likeness (QED) is 0.909. The van der Waals surface area contributed by atoms with Crippen LogP contribution >= 0.6 is 11.6 Å². The molecule has 0 aliphatic heterocycles. The van der Waals surface area contributed by atoms with E-state index in [-0.39, 0.29) is 11.8 Å². The third kappa shape index (κ3) is 3.18. The number of nitrogens with two attached hydrogens (primary N) is 1. The standard InChI is InChI=1S/C14H17ClN4O/c1-9(2)13(16)14(20)18-11-8-10(15)4-5-12(11)19-7-3-6-17-19/h3-9,13H,16H2,1-2H3,(H,18,20). The summed E-state index contributed by atoms with van der Waals surface area (Å²) in [6, 6.07) is 6.46. The fourth-order valence-electron chi connectivity index (χ4n) is 1.74. The van der Waals surface area contributed by atoms with Crippen LogP contribution in [0.3, 0.4) is 0 Å². The van der Waals surface area contributed by atoms with E-state index in [2.05, 4.69) is 10.4 Å². The van der Waals surface area contributed by atoms with Gasteiger partial charge >= 0.3 is 0 Å². The lowest BCUT2D eigenvalue weighted by Gasteiger charge is -2.17. The number of hydrogen-bond acceptors (Lipinski definition) is 3. The molecule has 20 heavy (non-hydrogen) atoms. The number of anilines is 1. The number of aromatic nitrogens is 2. The molecule has 2 aromatic rings. The SMILES string of the molecule is CC(C)C(N)C(=O)Nc1cc(Cl)ccc1-n1cccn1. The summed E-state index contributed by atoms with van der Waals surface area (Å²) in [6.07, 6.45) is 3.46. The van der Waals surface area contributed by atoms with Crippen molar-refractivity contribution < 1.29 is 4.79 Å². The van der Waals surface area contributed by atoms with E-state index in [1.54, 1.807) is 41.3 Å². The predicted molar refractivity (Wildman–Crippen MR) is 80.0 cm³/mol. The third-order valence-electron chi connectivity index (χ3n) is 2.99. The highest BCUT2D eigenvalue weighted by Crippen LogP contribution is 2.24. The number of benzene rings is 1. The summed E-state index contributed by atoms with van der Waals surface area (Å²) in [5, 5.41) is 7.50. The fraction of sp³-hybridized carbons (Fsp3) is 0.286. The van der Waals surface area contributed by atoms with Crippen LogP contribution in [0.4, 0.5) is 5.69 Å². The number of carbonyl (C=O) groups is 1.